The third-order valence-corrected chi connectivity index (χ3v) is 2.33. The molecule has 0 aliphatic carbocycles. The summed E-state index contributed by atoms with van der Waals surface area (Å²) in [7, 11) is 0. The first kappa shape index (κ1) is 10.8. The molecule has 0 aliphatic rings. The molecule has 1 heterocycles. The molecule has 17 heavy (non-hydrogen) atoms. The number of rotatable bonds is 2. The summed E-state index contributed by atoms with van der Waals surface area (Å²) < 4.78 is 0. The van der Waals surface area contributed by atoms with Crippen molar-refractivity contribution in [1.29, 1.82) is 5.26 Å². The van der Waals surface area contributed by atoms with Crippen molar-refractivity contribution in [2.45, 2.75) is 0 Å². The number of phenols is 1. The number of para-hydroxylation sites is 1. The molecule has 4 heteroatoms. The lowest BCUT2D eigenvalue weighted by Crippen LogP contribution is -1.90. The van der Waals surface area contributed by atoms with Crippen molar-refractivity contribution >= 4 is 6.29 Å². The molecule has 0 fully saturated rings. The molecule has 0 bridgehead atoms. The van der Waals surface area contributed by atoms with E-state index in [0.717, 1.165) is 0 Å². The Hall–Kier alpha value is -2.67. The SMILES string of the molecule is N#Cc1cccc(-c2cccc(C=O)c2O)n1. The smallest absolute Gasteiger partial charge is 0.153 e. The van der Waals surface area contributed by atoms with Crippen LogP contribution in [0.3, 0.4) is 0 Å². The average molecular weight is 224 g/mol. The summed E-state index contributed by atoms with van der Waals surface area (Å²) in [4.78, 5) is 14.8. The van der Waals surface area contributed by atoms with Crippen LogP contribution in [0.2, 0.25) is 0 Å². The van der Waals surface area contributed by atoms with Crippen molar-refractivity contribution < 1.29 is 9.90 Å². The molecule has 2 aromatic rings. The first-order chi connectivity index (χ1) is 8.26. The lowest BCUT2D eigenvalue weighted by Gasteiger charge is -2.05. The number of carbonyl (C=O) groups is 1. The largest absolute Gasteiger partial charge is 0.506 e. The topological polar surface area (TPSA) is 74.0 Å². The highest BCUT2D eigenvalue weighted by molar-refractivity contribution is 5.84. The molecule has 1 aromatic carbocycles. The van der Waals surface area contributed by atoms with Gasteiger partial charge in [0.2, 0.25) is 0 Å². The highest BCUT2D eigenvalue weighted by Crippen LogP contribution is 2.29. The van der Waals surface area contributed by atoms with Gasteiger partial charge < -0.3 is 5.11 Å². The number of hydrogen-bond acceptors (Lipinski definition) is 4. The number of carbonyl (C=O) groups excluding carboxylic acids is 1. The fourth-order valence-electron chi connectivity index (χ4n) is 1.51. The third-order valence-electron chi connectivity index (χ3n) is 2.33. The second kappa shape index (κ2) is 4.45. The van der Waals surface area contributed by atoms with Gasteiger partial charge in [0, 0.05) is 5.56 Å². The van der Waals surface area contributed by atoms with E-state index in [9.17, 15) is 9.90 Å². The number of phenolic OH excluding ortho intramolecular Hbond substituents is 1. The van der Waals surface area contributed by atoms with E-state index in [0.29, 0.717) is 17.5 Å². The van der Waals surface area contributed by atoms with E-state index in [1.165, 1.54) is 6.07 Å². The Labute approximate surface area is 97.8 Å². The van der Waals surface area contributed by atoms with Gasteiger partial charge in [-0.05, 0) is 24.3 Å². The Morgan fingerprint density at radius 2 is 2.00 bits per heavy atom. The Balaban J connectivity index is 2.61. The Bertz CT molecular complexity index is 615. The number of aromatic hydroxyl groups is 1. The fraction of sp³-hybridized carbons (Fsp3) is 0. The standard InChI is InChI=1S/C13H8N2O2/c14-7-10-4-2-6-12(15-10)11-5-1-3-9(8-16)13(11)17/h1-6,8,17H. The number of aromatic nitrogens is 1. The molecule has 0 saturated heterocycles. The van der Waals surface area contributed by atoms with E-state index in [1.54, 1.807) is 30.3 Å². The lowest BCUT2D eigenvalue weighted by molar-refractivity contribution is 0.112. The van der Waals surface area contributed by atoms with Crippen LogP contribution in [-0.4, -0.2) is 16.4 Å². The molecule has 2 rings (SSSR count). The van der Waals surface area contributed by atoms with Gasteiger partial charge in [0.1, 0.15) is 17.5 Å². The van der Waals surface area contributed by atoms with Crippen LogP contribution in [0.15, 0.2) is 36.4 Å². The van der Waals surface area contributed by atoms with Crippen LogP contribution in [0.1, 0.15) is 16.1 Å². The number of aldehydes is 1. The first-order valence-corrected chi connectivity index (χ1v) is 4.91. The van der Waals surface area contributed by atoms with Crippen molar-refractivity contribution in [2.75, 3.05) is 0 Å². The number of hydrogen-bond donors (Lipinski definition) is 1. The van der Waals surface area contributed by atoms with E-state index in [4.69, 9.17) is 5.26 Å². The predicted molar refractivity (Wildman–Crippen MR) is 61.4 cm³/mol. The molecule has 0 spiro atoms. The summed E-state index contributed by atoms with van der Waals surface area (Å²) in [5, 5.41) is 18.6. The summed E-state index contributed by atoms with van der Waals surface area (Å²) in [5.74, 6) is -0.120. The molecule has 0 radical (unpaired) electrons. The van der Waals surface area contributed by atoms with Crippen molar-refractivity contribution in [3.63, 3.8) is 0 Å². The Kier molecular flexibility index (Phi) is 2.84. The van der Waals surface area contributed by atoms with Crippen LogP contribution in [0.4, 0.5) is 0 Å². The second-order valence-electron chi connectivity index (χ2n) is 3.38. The molecule has 0 aliphatic heterocycles. The van der Waals surface area contributed by atoms with Crippen LogP contribution < -0.4 is 0 Å². The minimum absolute atomic E-state index is 0.120. The maximum absolute atomic E-state index is 10.7. The third kappa shape index (κ3) is 1.99. The van der Waals surface area contributed by atoms with Gasteiger partial charge in [-0.1, -0.05) is 12.1 Å². The molecule has 1 aromatic heterocycles. The normalized spacial score (nSPS) is 9.59. The summed E-state index contributed by atoms with van der Waals surface area (Å²) in [6.45, 7) is 0. The van der Waals surface area contributed by atoms with E-state index in [1.807, 2.05) is 6.07 Å². The van der Waals surface area contributed by atoms with E-state index < -0.39 is 0 Å². The monoisotopic (exact) mass is 224 g/mol. The van der Waals surface area contributed by atoms with Crippen molar-refractivity contribution in [1.82, 2.24) is 4.98 Å². The summed E-state index contributed by atoms with van der Waals surface area (Å²) in [5.41, 5.74) is 1.36. The predicted octanol–water partition coefficient (Wildman–Crippen LogP) is 2.14. The molecule has 0 saturated carbocycles. The van der Waals surface area contributed by atoms with Gasteiger partial charge in [-0.2, -0.15) is 5.26 Å². The zero-order valence-electron chi connectivity index (χ0n) is 8.79. The molecular weight excluding hydrogens is 216 g/mol. The summed E-state index contributed by atoms with van der Waals surface area (Å²) >= 11 is 0. The Morgan fingerprint density at radius 3 is 2.71 bits per heavy atom. The maximum atomic E-state index is 10.7. The maximum Gasteiger partial charge on any atom is 0.153 e. The Morgan fingerprint density at radius 1 is 1.24 bits per heavy atom. The summed E-state index contributed by atoms with van der Waals surface area (Å²) in [6.07, 6.45) is 0.576. The molecule has 0 amide bonds. The highest BCUT2D eigenvalue weighted by atomic mass is 16.3. The van der Waals surface area contributed by atoms with E-state index >= 15 is 0 Å². The van der Waals surface area contributed by atoms with Gasteiger partial charge in [0.15, 0.2) is 6.29 Å². The van der Waals surface area contributed by atoms with Gasteiger partial charge in [0.05, 0.1) is 11.3 Å². The number of nitrogens with zero attached hydrogens (tertiary/aromatic N) is 2. The van der Waals surface area contributed by atoms with Gasteiger partial charge >= 0.3 is 0 Å². The first-order valence-electron chi connectivity index (χ1n) is 4.91. The van der Waals surface area contributed by atoms with Crippen LogP contribution in [0.5, 0.6) is 5.75 Å². The molecule has 1 N–H and O–H groups in total. The van der Waals surface area contributed by atoms with Crippen LogP contribution >= 0.6 is 0 Å². The number of pyridine rings is 1. The zero-order chi connectivity index (χ0) is 12.3. The minimum Gasteiger partial charge on any atom is -0.506 e. The van der Waals surface area contributed by atoms with Gasteiger partial charge in [-0.3, -0.25) is 4.79 Å². The quantitative estimate of drug-likeness (QED) is 0.793. The molecule has 82 valence electrons. The van der Waals surface area contributed by atoms with Gasteiger partial charge in [0.25, 0.3) is 0 Å². The van der Waals surface area contributed by atoms with Gasteiger partial charge in [-0.15, -0.1) is 0 Å². The number of benzene rings is 1. The highest BCUT2D eigenvalue weighted by Gasteiger charge is 2.09. The van der Waals surface area contributed by atoms with Crippen LogP contribution in [0.25, 0.3) is 11.3 Å². The molecule has 4 nitrogen and oxygen atoms in total. The zero-order valence-corrected chi connectivity index (χ0v) is 8.79. The summed E-state index contributed by atoms with van der Waals surface area (Å²) in [6, 6.07) is 11.7. The average Bonchev–Trinajstić information content (AvgIpc) is 2.39. The van der Waals surface area contributed by atoms with Crippen LogP contribution in [-0.2, 0) is 0 Å². The molecule has 0 unspecified atom stereocenters. The fourth-order valence-corrected chi connectivity index (χ4v) is 1.51. The molecular formula is C13H8N2O2. The molecule has 0 atom stereocenters. The second-order valence-corrected chi connectivity index (χ2v) is 3.38. The van der Waals surface area contributed by atoms with E-state index in [-0.39, 0.29) is 17.0 Å². The lowest BCUT2D eigenvalue weighted by atomic mass is 10.1. The van der Waals surface area contributed by atoms with Crippen LogP contribution in [0, 0.1) is 11.3 Å². The van der Waals surface area contributed by atoms with Gasteiger partial charge in [-0.25, -0.2) is 4.98 Å². The minimum atomic E-state index is -0.120. The van der Waals surface area contributed by atoms with Crippen molar-refractivity contribution in [3.05, 3.63) is 47.7 Å². The van der Waals surface area contributed by atoms with E-state index in [2.05, 4.69) is 4.98 Å². The number of nitriles is 1. The van der Waals surface area contributed by atoms with Crippen molar-refractivity contribution in [2.24, 2.45) is 0 Å². The van der Waals surface area contributed by atoms with Crippen molar-refractivity contribution in [3.8, 4) is 23.1 Å².